The normalized spacial score (nSPS) is 14.4. The maximum absolute atomic E-state index is 6.12. The Hall–Kier alpha value is -0.730. The van der Waals surface area contributed by atoms with Crippen LogP contribution in [0.5, 0.6) is 5.75 Å². The molecule has 0 amide bonds. The minimum atomic E-state index is -0.189. The van der Waals surface area contributed by atoms with E-state index >= 15 is 0 Å². The summed E-state index contributed by atoms with van der Waals surface area (Å²) in [5.41, 5.74) is 0.927. The molecule has 0 fully saturated rings. The summed E-state index contributed by atoms with van der Waals surface area (Å²) in [4.78, 5) is 0. The zero-order chi connectivity index (χ0) is 12.9. The van der Waals surface area contributed by atoms with E-state index in [1.807, 2.05) is 25.1 Å². The summed E-state index contributed by atoms with van der Waals surface area (Å²) in [6, 6.07) is 5.76. The highest BCUT2D eigenvalue weighted by Crippen LogP contribution is 2.27. The van der Waals surface area contributed by atoms with Crippen molar-refractivity contribution < 1.29 is 4.74 Å². The minimum Gasteiger partial charge on any atom is -0.486 e. The van der Waals surface area contributed by atoms with Crippen molar-refractivity contribution in [2.45, 2.75) is 39.7 Å². The molecular weight excluding hydrogens is 234 g/mol. The fourth-order valence-corrected chi connectivity index (χ4v) is 1.73. The fraction of sp³-hybridized carbons (Fsp3) is 0.571. The Morgan fingerprint density at radius 3 is 2.65 bits per heavy atom. The highest BCUT2D eigenvalue weighted by Gasteiger charge is 2.24. The molecule has 1 unspecified atom stereocenters. The number of rotatable bonds is 6. The predicted octanol–water partition coefficient (Wildman–Crippen LogP) is 3.81. The first-order valence-electron chi connectivity index (χ1n) is 6.16. The number of nitrogens with one attached hydrogen (secondary N) is 1. The Bertz CT molecular complexity index is 367. The van der Waals surface area contributed by atoms with Crippen LogP contribution in [0.1, 0.15) is 32.8 Å². The fourth-order valence-electron chi connectivity index (χ4n) is 1.57. The summed E-state index contributed by atoms with van der Waals surface area (Å²) in [5, 5.41) is 4.05. The molecule has 3 heteroatoms. The van der Waals surface area contributed by atoms with Crippen LogP contribution in [-0.4, -0.2) is 18.7 Å². The highest BCUT2D eigenvalue weighted by atomic mass is 35.5. The largest absolute Gasteiger partial charge is 0.486 e. The molecule has 0 spiro atoms. The van der Waals surface area contributed by atoms with Crippen molar-refractivity contribution in [1.29, 1.82) is 0 Å². The lowest BCUT2D eigenvalue weighted by Crippen LogP contribution is -2.42. The van der Waals surface area contributed by atoms with Gasteiger partial charge in [0.05, 0.1) is 0 Å². The van der Waals surface area contributed by atoms with E-state index in [-0.39, 0.29) is 5.60 Å². The third kappa shape index (κ3) is 4.21. The second-order valence-corrected chi connectivity index (χ2v) is 5.03. The van der Waals surface area contributed by atoms with Gasteiger partial charge >= 0.3 is 0 Å². The molecule has 0 aromatic heterocycles. The van der Waals surface area contributed by atoms with Crippen molar-refractivity contribution in [3.05, 3.63) is 28.8 Å². The standard InChI is InChI=1S/C14H22ClNO/c1-5-14(4,10-16-6-2)17-13-9-12(15)8-7-11(13)3/h7-9,16H,5-6,10H2,1-4H3. The molecule has 96 valence electrons. The Balaban J connectivity index is 2.82. The average molecular weight is 256 g/mol. The van der Waals surface area contributed by atoms with Gasteiger partial charge < -0.3 is 10.1 Å². The van der Waals surface area contributed by atoms with Gasteiger partial charge in [-0.25, -0.2) is 0 Å². The molecule has 0 aliphatic heterocycles. The monoisotopic (exact) mass is 255 g/mol. The van der Waals surface area contributed by atoms with Gasteiger partial charge in [-0.05, 0) is 44.5 Å². The predicted molar refractivity (Wildman–Crippen MR) is 74.1 cm³/mol. The number of aryl methyl sites for hydroxylation is 1. The van der Waals surface area contributed by atoms with Gasteiger partial charge in [-0.15, -0.1) is 0 Å². The first kappa shape index (κ1) is 14.3. The van der Waals surface area contributed by atoms with Crippen molar-refractivity contribution in [3.63, 3.8) is 0 Å². The summed E-state index contributed by atoms with van der Waals surface area (Å²) in [6.07, 6.45) is 0.950. The van der Waals surface area contributed by atoms with Crippen molar-refractivity contribution in [2.75, 3.05) is 13.1 Å². The average Bonchev–Trinajstić information content (AvgIpc) is 2.31. The highest BCUT2D eigenvalue weighted by molar-refractivity contribution is 6.30. The summed E-state index contributed by atoms with van der Waals surface area (Å²) in [5.74, 6) is 0.875. The van der Waals surface area contributed by atoms with Crippen molar-refractivity contribution in [3.8, 4) is 5.75 Å². The minimum absolute atomic E-state index is 0.189. The van der Waals surface area contributed by atoms with Crippen LogP contribution in [0.3, 0.4) is 0 Å². The van der Waals surface area contributed by atoms with Gasteiger partial charge in [0.2, 0.25) is 0 Å². The molecule has 1 aromatic rings. The van der Waals surface area contributed by atoms with Crippen LogP contribution < -0.4 is 10.1 Å². The van der Waals surface area contributed by atoms with Gasteiger partial charge in [-0.2, -0.15) is 0 Å². The molecule has 2 nitrogen and oxygen atoms in total. The first-order chi connectivity index (χ1) is 8.00. The molecular formula is C14H22ClNO. The van der Waals surface area contributed by atoms with E-state index in [2.05, 4.69) is 26.1 Å². The lowest BCUT2D eigenvalue weighted by atomic mass is 10.0. The van der Waals surface area contributed by atoms with E-state index in [0.29, 0.717) is 5.02 Å². The quantitative estimate of drug-likeness (QED) is 0.835. The van der Waals surface area contributed by atoms with E-state index in [1.54, 1.807) is 0 Å². The molecule has 0 bridgehead atoms. The Morgan fingerprint density at radius 2 is 2.06 bits per heavy atom. The van der Waals surface area contributed by atoms with E-state index < -0.39 is 0 Å². The van der Waals surface area contributed by atoms with Crippen molar-refractivity contribution >= 4 is 11.6 Å². The second-order valence-electron chi connectivity index (χ2n) is 4.60. The van der Waals surface area contributed by atoms with Gasteiger partial charge in [0.1, 0.15) is 11.4 Å². The number of ether oxygens (including phenoxy) is 1. The number of hydrogen-bond acceptors (Lipinski definition) is 2. The third-order valence-electron chi connectivity index (χ3n) is 3.00. The van der Waals surface area contributed by atoms with Crippen LogP contribution in [0.4, 0.5) is 0 Å². The molecule has 0 heterocycles. The summed E-state index contributed by atoms with van der Waals surface area (Å²) < 4.78 is 6.12. The molecule has 1 rings (SSSR count). The van der Waals surface area contributed by atoms with Crippen LogP contribution >= 0.6 is 11.6 Å². The van der Waals surface area contributed by atoms with Crippen LogP contribution in [0.15, 0.2) is 18.2 Å². The van der Waals surface area contributed by atoms with Crippen LogP contribution in [0.25, 0.3) is 0 Å². The number of hydrogen-bond donors (Lipinski definition) is 1. The molecule has 17 heavy (non-hydrogen) atoms. The van der Waals surface area contributed by atoms with E-state index in [1.165, 1.54) is 0 Å². The Kier molecular flexibility index (Phi) is 5.29. The maximum atomic E-state index is 6.12. The van der Waals surface area contributed by atoms with Crippen LogP contribution in [0, 0.1) is 6.92 Å². The van der Waals surface area contributed by atoms with Crippen LogP contribution in [-0.2, 0) is 0 Å². The number of halogens is 1. The van der Waals surface area contributed by atoms with E-state index in [9.17, 15) is 0 Å². The molecule has 0 saturated carbocycles. The molecule has 0 aliphatic rings. The van der Waals surface area contributed by atoms with E-state index in [0.717, 1.165) is 30.8 Å². The summed E-state index contributed by atoms with van der Waals surface area (Å²) in [6.45, 7) is 10.2. The topological polar surface area (TPSA) is 21.3 Å². The van der Waals surface area contributed by atoms with Gasteiger partial charge in [-0.1, -0.05) is 31.5 Å². The third-order valence-corrected chi connectivity index (χ3v) is 3.24. The smallest absolute Gasteiger partial charge is 0.124 e. The van der Waals surface area contributed by atoms with Gasteiger partial charge in [0, 0.05) is 11.6 Å². The molecule has 1 N–H and O–H groups in total. The maximum Gasteiger partial charge on any atom is 0.124 e. The zero-order valence-electron chi connectivity index (χ0n) is 11.1. The number of benzene rings is 1. The Morgan fingerprint density at radius 1 is 1.35 bits per heavy atom. The lowest BCUT2D eigenvalue weighted by Gasteiger charge is -2.30. The second kappa shape index (κ2) is 6.27. The molecule has 0 saturated heterocycles. The number of likely N-dealkylation sites (N-methyl/N-ethyl adjacent to an activating group) is 1. The van der Waals surface area contributed by atoms with E-state index in [4.69, 9.17) is 16.3 Å². The first-order valence-corrected chi connectivity index (χ1v) is 6.54. The lowest BCUT2D eigenvalue weighted by molar-refractivity contribution is 0.0833. The van der Waals surface area contributed by atoms with Crippen LogP contribution in [0.2, 0.25) is 5.02 Å². The SMILES string of the molecule is CCNCC(C)(CC)Oc1cc(Cl)ccc1C. The molecule has 0 aliphatic carbocycles. The molecule has 1 atom stereocenters. The van der Waals surface area contributed by atoms with Gasteiger partial charge in [0.25, 0.3) is 0 Å². The zero-order valence-corrected chi connectivity index (χ0v) is 11.9. The van der Waals surface area contributed by atoms with Gasteiger partial charge in [0.15, 0.2) is 0 Å². The van der Waals surface area contributed by atoms with Crippen molar-refractivity contribution in [1.82, 2.24) is 5.32 Å². The molecule has 1 aromatic carbocycles. The Labute approximate surface area is 109 Å². The van der Waals surface area contributed by atoms with Crippen molar-refractivity contribution in [2.24, 2.45) is 0 Å². The summed E-state index contributed by atoms with van der Waals surface area (Å²) in [7, 11) is 0. The van der Waals surface area contributed by atoms with Gasteiger partial charge in [-0.3, -0.25) is 0 Å². The molecule has 0 radical (unpaired) electrons. The summed E-state index contributed by atoms with van der Waals surface area (Å²) >= 11 is 6.00.